The average molecular weight is 214 g/mol. The van der Waals surface area contributed by atoms with Gasteiger partial charge in [-0.1, -0.05) is 12.1 Å². The van der Waals surface area contributed by atoms with Crippen molar-refractivity contribution in [3.8, 4) is 0 Å². The zero-order chi connectivity index (χ0) is 11.0. The smallest absolute Gasteiger partial charge is 0.132 e. The van der Waals surface area contributed by atoms with Crippen LogP contribution in [0.4, 0.5) is 5.69 Å². The van der Waals surface area contributed by atoms with E-state index in [1.165, 1.54) is 5.56 Å². The molecule has 0 amide bonds. The molecule has 1 aliphatic heterocycles. The van der Waals surface area contributed by atoms with E-state index in [-0.39, 0.29) is 0 Å². The number of nitrogen functional groups attached to an aromatic ring is 1. The van der Waals surface area contributed by atoms with Gasteiger partial charge in [0.05, 0.1) is 0 Å². The molecule has 0 fully saturated rings. The van der Waals surface area contributed by atoms with Crippen molar-refractivity contribution in [3.63, 3.8) is 0 Å². The summed E-state index contributed by atoms with van der Waals surface area (Å²) >= 11 is 0. The number of hydrogen-bond donors (Lipinski definition) is 1. The lowest BCUT2D eigenvalue weighted by atomic mass is 9.91. The molecule has 0 bridgehead atoms. The highest BCUT2D eigenvalue weighted by atomic mass is 15.3. The quantitative estimate of drug-likeness (QED) is 0.733. The second-order valence-corrected chi connectivity index (χ2v) is 4.30. The highest BCUT2D eigenvalue weighted by Crippen LogP contribution is 2.28. The first kappa shape index (κ1) is 9.39. The Labute approximate surface area is 94.1 Å². The molecule has 4 heteroatoms. The molecule has 1 aliphatic rings. The van der Waals surface area contributed by atoms with Crippen LogP contribution in [-0.4, -0.2) is 14.8 Å². The van der Waals surface area contributed by atoms with Crippen molar-refractivity contribution in [1.82, 2.24) is 14.8 Å². The minimum absolute atomic E-state index is 0.559. The van der Waals surface area contributed by atoms with Crippen molar-refractivity contribution in [2.75, 3.05) is 5.73 Å². The first-order chi connectivity index (χ1) is 7.83. The Kier molecular flexibility index (Phi) is 2.13. The van der Waals surface area contributed by atoms with Crippen molar-refractivity contribution < 1.29 is 0 Å². The SMILES string of the molecule is Nc1ccc(C2CCc3nncn3C2)cc1. The van der Waals surface area contributed by atoms with E-state index in [9.17, 15) is 0 Å². The number of fused-ring (bicyclic) bond motifs is 1. The summed E-state index contributed by atoms with van der Waals surface area (Å²) in [5.41, 5.74) is 7.87. The number of nitrogens with zero attached hydrogens (tertiary/aromatic N) is 3. The number of nitrogens with two attached hydrogens (primary N) is 1. The van der Waals surface area contributed by atoms with Crippen LogP contribution < -0.4 is 5.73 Å². The number of aryl methyl sites for hydroxylation is 1. The third-order valence-electron chi connectivity index (χ3n) is 3.24. The molecule has 0 saturated carbocycles. The minimum atomic E-state index is 0.559. The zero-order valence-electron chi connectivity index (χ0n) is 9.00. The number of anilines is 1. The summed E-state index contributed by atoms with van der Waals surface area (Å²) in [4.78, 5) is 0. The molecule has 2 aromatic rings. The molecule has 1 aromatic carbocycles. The van der Waals surface area contributed by atoms with Gasteiger partial charge >= 0.3 is 0 Å². The lowest BCUT2D eigenvalue weighted by Gasteiger charge is -2.23. The number of benzene rings is 1. The maximum Gasteiger partial charge on any atom is 0.132 e. The maximum absolute atomic E-state index is 5.69. The van der Waals surface area contributed by atoms with Crippen molar-refractivity contribution in [1.29, 1.82) is 0 Å². The maximum atomic E-state index is 5.69. The topological polar surface area (TPSA) is 56.7 Å². The Morgan fingerprint density at radius 1 is 1.25 bits per heavy atom. The molecule has 1 atom stereocenters. The molecule has 0 spiro atoms. The van der Waals surface area contributed by atoms with Gasteiger partial charge in [-0.2, -0.15) is 0 Å². The van der Waals surface area contributed by atoms with Crippen LogP contribution in [0, 0.1) is 0 Å². The summed E-state index contributed by atoms with van der Waals surface area (Å²) in [5.74, 6) is 1.66. The summed E-state index contributed by atoms with van der Waals surface area (Å²) in [6.07, 6.45) is 3.97. The van der Waals surface area contributed by atoms with E-state index in [2.05, 4.69) is 26.9 Å². The van der Waals surface area contributed by atoms with Gasteiger partial charge in [0.15, 0.2) is 0 Å². The lowest BCUT2D eigenvalue weighted by Crippen LogP contribution is -2.18. The number of rotatable bonds is 1. The second-order valence-electron chi connectivity index (χ2n) is 4.30. The van der Waals surface area contributed by atoms with Gasteiger partial charge in [0.25, 0.3) is 0 Å². The van der Waals surface area contributed by atoms with Crippen LogP contribution in [0.5, 0.6) is 0 Å². The van der Waals surface area contributed by atoms with E-state index < -0.39 is 0 Å². The predicted octanol–water partition coefficient (Wildman–Crippen LogP) is 1.59. The van der Waals surface area contributed by atoms with Gasteiger partial charge in [0.1, 0.15) is 12.2 Å². The molecule has 0 radical (unpaired) electrons. The Morgan fingerprint density at radius 2 is 2.06 bits per heavy atom. The molecule has 82 valence electrons. The van der Waals surface area contributed by atoms with Gasteiger partial charge in [0, 0.05) is 24.6 Å². The van der Waals surface area contributed by atoms with E-state index in [1.807, 2.05) is 18.5 Å². The van der Waals surface area contributed by atoms with Gasteiger partial charge in [0.2, 0.25) is 0 Å². The lowest BCUT2D eigenvalue weighted by molar-refractivity contribution is 0.456. The third-order valence-corrected chi connectivity index (χ3v) is 3.24. The van der Waals surface area contributed by atoms with Crippen molar-refractivity contribution in [3.05, 3.63) is 42.0 Å². The largest absolute Gasteiger partial charge is 0.399 e. The molecule has 0 aliphatic carbocycles. The fourth-order valence-corrected chi connectivity index (χ4v) is 2.30. The Balaban J connectivity index is 1.86. The van der Waals surface area contributed by atoms with Crippen LogP contribution in [0.15, 0.2) is 30.6 Å². The van der Waals surface area contributed by atoms with E-state index >= 15 is 0 Å². The van der Waals surface area contributed by atoms with Crippen molar-refractivity contribution >= 4 is 5.69 Å². The van der Waals surface area contributed by atoms with Crippen LogP contribution in [-0.2, 0) is 13.0 Å². The molecule has 1 aromatic heterocycles. The van der Waals surface area contributed by atoms with Gasteiger partial charge < -0.3 is 10.3 Å². The Hall–Kier alpha value is -1.84. The van der Waals surface area contributed by atoms with Crippen LogP contribution in [0.25, 0.3) is 0 Å². The van der Waals surface area contributed by atoms with E-state index in [0.717, 1.165) is 30.9 Å². The summed E-state index contributed by atoms with van der Waals surface area (Å²) in [5, 5.41) is 8.03. The highest BCUT2D eigenvalue weighted by Gasteiger charge is 2.20. The second kappa shape index (κ2) is 3.63. The molecular weight excluding hydrogens is 200 g/mol. The molecule has 0 saturated heterocycles. The molecule has 2 heterocycles. The zero-order valence-corrected chi connectivity index (χ0v) is 9.00. The summed E-state index contributed by atoms with van der Waals surface area (Å²) in [6, 6.07) is 8.18. The van der Waals surface area contributed by atoms with Gasteiger partial charge in [-0.25, -0.2) is 0 Å². The fraction of sp³-hybridized carbons (Fsp3) is 0.333. The normalized spacial score (nSPS) is 19.4. The van der Waals surface area contributed by atoms with E-state index in [0.29, 0.717) is 5.92 Å². The molecule has 2 N–H and O–H groups in total. The van der Waals surface area contributed by atoms with Crippen LogP contribution in [0.2, 0.25) is 0 Å². The molecule has 1 unspecified atom stereocenters. The predicted molar refractivity (Wildman–Crippen MR) is 61.9 cm³/mol. The monoisotopic (exact) mass is 214 g/mol. The van der Waals surface area contributed by atoms with Gasteiger partial charge in [-0.15, -0.1) is 10.2 Å². The molecular formula is C12H14N4. The Morgan fingerprint density at radius 3 is 2.88 bits per heavy atom. The van der Waals surface area contributed by atoms with Gasteiger partial charge in [-0.3, -0.25) is 0 Å². The van der Waals surface area contributed by atoms with Crippen LogP contribution >= 0.6 is 0 Å². The number of aromatic nitrogens is 3. The molecule has 4 nitrogen and oxygen atoms in total. The van der Waals surface area contributed by atoms with Crippen LogP contribution in [0.1, 0.15) is 23.7 Å². The van der Waals surface area contributed by atoms with Gasteiger partial charge in [-0.05, 0) is 24.1 Å². The molecule has 3 rings (SSSR count). The van der Waals surface area contributed by atoms with E-state index in [1.54, 1.807) is 0 Å². The highest BCUT2D eigenvalue weighted by molar-refractivity contribution is 5.40. The van der Waals surface area contributed by atoms with Crippen molar-refractivity contribution in [2.45, 2.75) is 25.3 Å². The standard InChI is InChI=1S/C12H14N4/c13-11-4-1-9(2-5-11)10-3-6-12-15-14-8-16(12)7-10/h1-2,4-5,8,10H,3,6-7,13H2. The van der Waals surface area contributed by atoms with Crippen LogP contribution in [0.3, 0.4) is 0 Å². The van der Waals surface area contributed by atoms with E-state index in [4.69, 9.17) is 5.73 Å². The summed E-state index contributed by atoms with van der Waals surface area (Å²) in [7, 11) is 0. The summed E-state index contributed by atoms with van der Waals surface area (Å²) in [6.45, 7) is 0.978. The fourth-order valence-electron chi connectivity index (χ4n) is 2.30. The first-order valence-electron chi connectivity index (χ1n) is 5.55. The van der Waals surface area contributed by atoms with Crippen molar-refractivity contribution in [2.24, 2.45) is 0 Å². The average Bonchev–Trinajstić information content (AvgIpc) is 2.77. The minimum Gasteiger partial charge on any atom is -0.399 e. The Bertz CT molecular complexity index is 486. The summed E-state index contributed by atoms with van der Waals surface area (Å²) < 4.78 is 2.14. The molecule has 16 heavy (non-hydrogen) atoms. The third kappa shape index (κ3) is 1.56. The first-order valence-corrected chi connectivity index (χ1v) is 5.55. The number of hydrogen-bond acceptors (Lipinski definition) is 3.